The summed E-state index contributed by atoms with van der Waals surface area (Å²) in [7, 11) is 1.82. The molecule has 0 aromatic heterocycles. The molecule has 2 N–H and O–H groups in total. The highest BCUT2D eigenvalue weighted by atomic mass is 127. The number of halogens is 1. The summed E-state index contributed by atoms with van der Waals surface area (Å²) in [5.41, 5.74) is 0. The van der Waals surface area contributed by atoms with E-state index < -0.39 is 0 Å². The zero-order valence-corrected chi connectivity index (χ0v) is 19.1. The molecule has 1 heterocycles. The third-order valence-electron chi connectivity index (χ3n) is 4.82. The van der Waals surface area contributed by atoms with Gasteiger partial charge in [0.2, 0.25) is 5.91 Å². The second-order valence-electron chi connectivity index (χ2n) is 7.41. The number of carbonyl (C=O) groups excluding carboxylic acids is 1. The first kappa shape index (κ1) is 24.5. The third kappa shape index (κ3) is 9.66. The molecule has 0 bridgehead atoms. The number of hydrogen-bond acceptors (Lipinski definition) is 2. The van der Waals surface area contributed by atoms with E-state index in [1.807, 2.05) is 7.05 Å². The van der Waals surface area contributed by atoms with Gasteiger partial charge in [-0.15, -0.1) is 24.0 Å². The van der Waals surface area contributed by atoms with Crippen molar-refractivity contribution in [3.63, 3.8) is 0 Å². The van der Waals surface area contributed by atoms with Gasteiger partial charge in [0, 0.05) is 38.6 Å². The van der Waals surface area contributed by atoms with Crippen molar-refractivity contribution < 1.29 is 4.79 Å². The second kappa shape index (κ2) is 13.6. The summed E-state index contributed by atoms with van der Waals surface area (Å²) in [6.45, 7) is 10.7. The minimum Gasteiger partial charge on any atom is -0.356 e. The lowest BCUT2D eigenvalue weighted by atomic mass is 10.0. The van der Waals surface area contributed by atoms with Crippen LogP contribution >= 0.6 is 24.0 Å². The molecule has 6 heteroatoms. The van der Waals surface area contributed by atoms with Crippen molar-refractivity contribution in [2.75, 3.05) is 20.1 Å². The topological polar surface area (TPSA) is 56.7 Å². The number of rotatable bonds is 10. The SMILES string of the molecule is CCC(CCNC(=NC)NC(C)CCCC(C)C)N1CCCC1=O.I. The highest BCUT2D eigenvalue weighted by Crippen LogP contribution is 2.17. The Kier molecular flexibility index (Phi) is 13.4. The van der Waals surface area contributed by atoms with E-state index in [0.29, 0.717) is 18.0 Å². The van der Waals surface area contributed by atoms with Crippen LogP contribution in [0.15, 0.2) is 4.99 Å². The van der Waals surface area contributed by atoms with E-state index in [-0.39, 0.29) is 24.0 Å². The standard InChI is InChI=1S/C19H38N4O.HI/c1-6-17(23-14-8-11-18(23)24)12-13-21-19(20-5)22-16(4)10-7-9-15(2)3;/h15-17H,6-14H2,1-5H3,(H2,20,21,22);1H. The quantitative estimate of drug-likeness (QED) is 0.293. The van der Waals surface area contributed by atoms with E-state index in [2.05, 4.69) is 48.2 Å². The Morgan fingerprint density at radius 1 is 1.24 bits per heavy atom. The van der Waals surface area contributed by atoms with Gasteiger partial charge in [0.25, 0.3) is 0 Å². The molecule has 0 spiro atoms. The van der Waals surface area contributed by atoms with Crippen molar-refractivity contribution in [1.82, 2.24) is 15.5 Å². The number of likely N-dealkylation sites (tertiary alicyclic amines) is 1. The zero-order chi connectivity index (χ0) is 17.9. The summed E-state index contributed by atoms with van der Waals surface area (Å²) in [6, 6.07) is 0.783. The van der Waals surface area contributed by atoms with Crippen LogP contribution in [0.4, 0.5) is 0 Å². The molecule has 0 radical (unpaired) electrons. The van der Waals surface area contributed by atoms with E-state index in [0.717, 1.165) is 50.7 Å². The van der Waals surface area contributed by atoms with Crippen molar-refractivity contribution in [3.8, 4) is 0 Å². The van der Waals surface area contributed by atoms with Gasteiger partial charge in [-0.1, -0.05) is 33.6 Å². The van der Waals surface area contributed by atoms with E-state index in [9.17, 15) is 4.79 Å². The summed E-state index contributed by atoms with van der Waals surface area (Å²) in [6.07, 6.45) is 7.42. The molecule has 2 unspecified atom stereocenters. The first-order valence-electron chi connectivity index (χ1n) is 9.74. The lowest BCUT2D eigenvalue weighted by molar-refractivity contribution is -0.129. The summed E-state index contributed by atoms with van der Waals surface area (Å²) >= 11 is 0. The minimum absolute atomic E-state index is 0. The van der Waals surface area contributed by atoms with Gasteiger partial charge in [-0.2, -0.15) is 0 Å². The molecule has 5 nitrogen and oxygen atoms in total. The summed E-state index contributed by atoms with van der Waals surface area (Å²) in [4.78, 5) is 18.3. The number of hydrogen-bond donors (Lipinski definition) is 2. The maximum atomic E-state index is 11.9. The highest BCUT2D eigenvalue weighted by Gasteiger charge is 2.26. The van der Waals surface area contributed by atoms with Crippen LogP contribution in [-0.2, 0) is 4.79 Å². The summed E-state index contributed by atoms with van der Waals surface area (Å²) < 4.78 is 0. The van der Waals surface area contributed by atoms with Crippen molar-refractivity contribution in [1.29, 1.82) is 0 Å². The molecule has 1 amide bonds. The molecule has 1 fully saturated rings. The van der Waals surface area contributed by atoms with Crippen molar-refractivity contribution in [3.05, 3.63) is 0 Å². The van der Waals surface area contributed by atoms with E-state index in [4.69, 9.17) is 0 Å². The molecule has 1 aliphatic heterocycles. The van der Waals surface area contributed by atoms with Crippen LogP contribution in [0.3, 0.4) is 0 Å². The predicted molar refractivity (Wildman–Crippen MR) is 118 cm³/mol. The number of carbonyl (C=O) groups is 1. The molecule has 0 saturated carbocycles. The highest BCUT2D eigenvalue weighted by molar-refractivity contribution is 14.0. The summed E-state index contributed by atoms with van der Waals surface area (Å²) in [5, 5.41) is 6.87. The molecular weight excluding hydrogens is 427 g/mol. The smallest absolute Gasteiger partial charge is 0.222 e. The number of nitrogens with one attached hydrogen (secondary N) is 2. The fourth-order valence-corrected chi connectivity index (χ4v) is 3.33. The Morgan fingerprint density at radius 3 is 2.48 bits per heavy atom. The fraction of sp³-hybridized carbons (Fsp3) is 0.895. The molecule has 1 aliphatic rings. The Labute approximate surface area is 171 Å². The van der Waals surface area contributed by atoms with Gasteiger partial charge < -0.3 is 15.5 Å². The molecule has 1 saturated heterocycles. The van der Waals surface area contributed by atoms with Gasteiger partial charge in [0.15, 0.2) is 5.96 Å². The number of aliphatic imine (C=N–C) groups is 1. The normalized spacial score (nSPS) is 17.4. The Morgan fingerprint density at radius 2 is 1.96 bits per heavy atom. The Bertz CT molecular complexity index is 401. The Hall–Kier alpha value is -0.530. The van der Waals surface area contributed by atoms with Gasteiger partial charge in [-0.25, -0.2) is 0 Å². The van der Waals surface area contributed by atoms with Gasteiger partial charge in [-0.3, -0.25) is 9.79 Å². The molecule has 0 aromatic rings. The third-order valence-corrected chi connectivity index (χ3v) is 4.82. The lowest BCUT2D eigenvalue weighted by Gasteiger charge is -2.27. The average Bonchev–Trinajstić information content (AvgIpc) is 2.96. The van der Waals surface area contributed by atoms with Gasteiger partial charge in [0.05, 0.1) is 0 Å². The lowest BCUT2D eigenvalue weighted by Crippen LogP contribution is -2.44. The number of nitrogens with zero attached hydrogens (tertiary/aromatic N) is 2. The second-order valence-corrected chi connectivity index (χ2v) is 7.41. The van der Waals surface area contributed by atoms with E-state index >= 15 is 0 Å². The van der Waals surface area contributed by atoms with Crippen LogP contribution < -0.4 is 10.6 Å². The number of amides is 1. The van der Waals surface area contributed by atoms with Crippen LogP contribution in [0, 0.1) is 5.92 Å². The minimum atomic E-state index is 0. The summed E-state index contributed by atoms with van der Waals surface area (Å²) in [5.74, 6) is 1.96. The fourth-order valence-electron chi connectivity index (χ4n) is 3.33. The van der Waals surface area contributed by atoms with Crippen molar-refractivity contribution in [2.24, 2.45) is 10.9 Å². The maximum Gasteiger partial charge on any atom is 0.222 e. The van der Waals surface area contributed by atoms with Crippen molar-refractivity contribution in [2.45, 2.75) is 84.7 Å². The average molecular weight is 466 g/mol. The number of guanidine groups is 1. The monoisotopic (exact) mass is 466 g/mol. The maximum absolute atomic E-state index is 11.9. The van der Waals surface area contributed by atoms with Crippen molar-refractivity contribution >= 4 is 35.8 Å². The first-order valence-corrected chi connectivity index (χ1v) is 9.74. The molecule has 2 atom stereocenters. The zero-order valence-electron chi connectivity index (χ0n) is 16.8. The van der Waals surface area contributed by atoms with Crippen LogP contribution in [0.1, 0.15) is 72.6 Å². The molecule has 148 valence electrons. The van der Waals surface area contributed by atoms with Crippen LogP contribution in [0.25, 0.3) is 0 Å². The van der Waals surface area contributed by atoms with Gasteiger partial charge in [0.1, 0.15) is 0 Å². The van der Waals surface area contributed by atoms with Crippen LogP contribution in [-0.4, -0.2) is 49.0 Å². The van der Waals surface area contributed by atoms with Gasteiger partial charge >= 0.3 is 0 Å². The molecule has 0 aromatic carbocycles. The molecular formula is C19H39IN4O. The predicted octanol–water partition coefficient (Wildman–Crippen LogP) is 3.78. The molecule has 0 aliphatic carbocycles. The first-order chi connectivity index (χ1) is 11.5. The van der Waals surface area contributed by atoms with Crippen LogP contribution in [0.2, 0.25) is 0 Å². The largest absolute Gasteiger partial charge is 0.356 e. The van der Waals surface area contributed by atoms with Gasteiger partial charge in [-0.05, 0) is 38.5 Å². The van der Waals surface area contributed by atoms with E-state index in [1.54, 1.807) is 0 Å². The molecule has 25 heavy (non-hydrogen) atoms. The van der Waals surface area contributed by atoms with E-state index in [1.165, 1.54) is 19.3 Å². The Balaban J connectivity index is 0.00000576. The molecule has 1 rings (SSSR count). The van der Waals surface area contributed by atoms with Crippen LogP contribution in [0.5, 0.6) is 0 Å².